The molecule has 8 heteroatoms. The lowest BCUT2D eigenvalue weighted by atomic mass is 10.1. The maximum Gasteiger partial charge on any atom is 0.326 e. The Morgan fingerprint density at radius 1 is 1.21 bits per heavy atom. The van der Waals surface area contributed by atoms with Crippen LogP contribution in [-0.2, 0) is 19.2 Å². The maximum atomic E-state index is 12.3. The lowest BCUT2D eigenvalue weighted by molar-refractivity contribution is -0.141. The number of carboxylic acid groups (broad SMARTS) is 1. The number of aliphatic carboxylic acids is 1. The number of rotatable bonds is 8. The monoisotopic (exact) mass is 333 g/mol. The number of benzene rings is 1. The summed E-state index contributed by atoms with van der Waals surface area (Å²) in [5, 5.41) is 13.7. The Balaban J connectivity index is 2.94. The first-order chi connectivity index (χ1) is 11.3. The smallest absolute Gasteiger partial charge is 0.326 e. The van der Waals surface area contributed by atoms with Gasteiger partial charge >= 0.3 is 5.97 Å². The van der Waals surface area contributed by atoms with Crippen LogP contribution in [0.4, 0.5) is 0 Å². The van der Waals surface area contributed by atoms with E-state index in [1.54, 1.807) is 30.3 Å². The van der Waals surface area contributed by atoms with Gasteiger partial charge < -0.3 is 21.5 Å². The SMILES string of the molecule is CC(=O)NC(=Cc1ccccc1)C(=O)N[C@@H](CCC(N)=O)C(=O)O. The predicted molar refractivity (Wildman–Crippen MR) is 86.2 cm³/mol. The van der Waals surface area contributed by atoms with Crippen molar-refractivity contribution in [2.75, 3.05) is 0 Å². The molecule has 0 spiro atoms. The van der Waals surface area contributed by atoms with Gasteiger partial charge in [0.15, 0.2) is 0 Å². The Morgan fingerprint density at radius 2 is 1.83 bits per heavy atom. The van der Waals surface area contributed by atoms with Crippen molar-refractivity contribution in [3.63, 3.8) is 0 Å². The fraction of sp³-hybridized carbons (Fsp3) is 0.250. The lowest BCUT2D eigenvalue weighted by Crippen LogP contribution is -2.44. The van der Waals surface area contributed by atoms with Gasteiger partial charge in [-0.3, -0.25) is 14.4 Å². The molecule has 0 unspecified atom stereocenters. The summed E-state index contributed by atoms with van der Waals surface area (Å²) in [6, 6.07) is 7.44. The van der Waals surface area contributed by atoms with Crippen LogP contribution >= 0.6 is 0 Å². The lowest BCUT2D eigenvalue weighted by Gasteiger charge is -2.15. The zero-order valence-electron chi connectivity index (χ0n) is 13.1. The molecule has 1 rings (SSSR count). The molecule has 0 saturated carbocycles. The van der Waals surface area contributed by atoms with E-state index >= 15 is 0 Å². The van der Waals surface area contributed by atoms with Crippen LogP contribution in [-0.4, -0.2) is 34.8 Å². The van der Waals surface area contributed by atoms with Crippen LogP contribution in [0, 0.1) is 0 Å². The summed E-state index contributed by atoms with van der Waals surface area (Å²) in [5.41, 5.74) is 5.54. The fourth-order valence-corrected chi connectivity index (χ4v) is 1.84. The molecule has 0 fully saturated rings. The molecule has 0 heterocycles. The second-order valence-electron chi connectivity index (χ2n) is 5.02. The highest BCUT2D eigenvalue weighted by Crippen LogP contribution is 2.06. The third-order valence-electron chi connectivity index (χ3n) is 2.95. The van der Waals surface area contributed by atoms with Gasteiger partial charge in [0, 0.05) is 13.3 Å². The van der Waals surface area contributed by atoms with Crippen LogP contribution in [0.15, 0.2) is 36.0 Å². The molecule has 1 aromatic rings. The van der Waals surface area contributed by atoms with Crippen LogP contribution in [0.25, 0.3) is 6.08 Å². The number of hydrogen-bond acceptors (Lipinski definition) is 4. The van der Waals surface area contributed by atoms with Crippen molar-refractivity contribution in [1.29, 1.82) is 0 Å². The molecule has 24 heavy (non-hydrogen) atoms. The first kappa shape index (κ1) is 18.9. The Labute approximate surface area is 138 Å². The maximum absolute atomic E-state index is 12.3. The molecule has 3 amide bonds. The van der Waals surface area contributed by atoms with Gasteiger partial charge in [-0.25, -0.2) is 4.79 Å². The Morgan fingerprint density at radius 3 is 2.33 bits per heavy atom. The molecule has 0 aromatic heterocycles. The number of carbonyl (C=O) groups excluding carboxylic acids is 3. The Bertz CT molecular complexity index is 655. The molecule has 0 aliphatic heterocycles. The number of carbonyl (C=O) groups is 4. The molecule has 0 saturated heterocycles. The zero-order valence-corrected chi connectivity index (χ0v) is 13.1. The van der Waals surface area contributed by atoms with E-state index in [-0.39, 0.29) is 18.5 Å². The Hall–Kier alpha value is -3.16. The van der Waals surface area contributed by atoms with Crippen molar-refractivity contribution >= 4 is 29.8 Å². The molecule has 1 atom stereocenters. The molecule has 128 valence electrons. The van der Waals surface area contributed by atoms with E-state index in [9.17, 15) is 19.2 Å². The standard InChI is InChI=1S/C16H19N3O5/c1-10(20)18-13(9-11-5-3-2-4-6-11)15(22)19-12(16(23)24)7-8-14(17)21/h2-6,9,12H,7-8H2,1H3,(H2,17,21)(H,18,20)(H,19,22)(H,23,24)/t12-/m0/s1. The number of nitrogens with two attached hydrogens (primary N) is 1. The van der Waals surface area contributed by atoms with Gasteiger partial charge in [0.05, 0.1) is 0 Å². The summed E-state index contributed by atoms with van der Waals surface area (Å²) in [4.78, 5) is 45.5. The fourth-order valence-electron chi connectivity index (χ4n) is 1.84. The van der Waals surface area contributed by atoms with E-state index in [2.05, 4.69) is 10.6 Å². The molecule has 8 nitrogen and oxygen atoms in total. The van der Waals surface area contributed by atoms with Crippen molar-refractivity contribution in [2.24, 2.45) is 5.73 Å². The minimum atomic E-state index is -1.30. The van der Waals surface area contributed by atoms with E-state index in [1.165, 1.54) is 13.0 Å². The first-order valence-electron chi connectivity index (χ1n) is 7.16. The van der Waals surface area contributed by atoms with Crippen LogP contribution in [0.3, 0.4) is 0 Å². The zero-order chi connectivity index (χ0) is 18.1. The normalized spacial score (nSPS) is 12.1. The third kappa shape index (κ3) is 6.73. The minimum Gasteiger partial charge on any atom is -0.480 e. The average Bonchev–Trinajstić information content (AvgIpc) is 2.50. The number of primary amides is 1. The van der Waals surface area contributed by atoms with E-state index in [1.807, 2.05) is 0 Å². The highest BCUT2D eigenvalue weighted by Gasteiger charge is 2.22. The van der Waals surface area contributed by atoms with Crippen molar-refractivity contribution in [3.8, 4) is 0 Å². The molecule has 5 N–H and O–H groups in total. The molecule has 0 radical (unpaired) electrons. The molecular formula is C16H19N3O5. The third-order valence-corrected chi connectivity index (χ3v) is 2.95. The van der Waals surface area contributed by atoms with Crippen molar-refractivity contribution in [1.82, 2.24) is 10.6 Å². The predicted octanol–water partition coefficient (Wildman–Crippen LogP) is -0.00150. The van der Waals surface area contributed by atoms with Gasteiger partial charge in [0.25, 0.3) is 5.91 Å². The molecule has 0 aliphatic rings. The summed E-state index contributed by atoms with van der Waals surface area (Å²) in [6.07, 6.45) is 1.09. The van der Waals surface area contributed by atoms with Crippen LogP contribution in [0.2, 0.25) is 0 Å². The minimum absolute atomic E-state index is 0.0981. The van der Waals surface area contributed by atoms with Crippen LogP contribution in [0.5, 0.6) is 0 Å². The number of amides is 3. The highest BCUT2D eigenvalue weighted by molar-refractivity contribution is 6.02. The molecule has 0 bridgehead atoms. The second kappa shape index (κ2) is 9.09. The number of carboxylic acids is 1. The molecule has 1 aromatic carbocycles. The first-order valence-corrected chi connectivity index (χ1v) is 7.16. The van der Waals surface area contributed by atoms with Gasteiger partial charge in [0.1, 0.15) is 11.7 Å². The highest BCUT2D eigenvalue weighted by atomic mass is 16.4. The summed E-state index contributed by atoms with van der Waals surface area (Å²) >= 11 is 0. The largest absolute Gasteiger partial charge is 0.480 e. The topological polar surface area (TPSA) is 139 Å². The summed E-state index contributed by atoms with van der Waals surface area (Å²) in [7, 11) is 0. The van der Waals surface area contributed by atoms with Gasteiger partial charge in [-0.05, 0) is 18.1 Å². The van der Waals surface area contributed by atoms with E-state index in [0.717, 1.165) is 0 Å². The molecular weight excluding hydrogens is 314 g/mol. The second-order valence-corrected chi connectivity index (χ2v) is 5.02. The van der Waals surface area contributed by atoms with Crippen LogP contribution < -0.4 is 16.4 Å². The van der Waals surface area contributed by atoms with Gasteiger partial charge in [-0.2, -0.15) is 0 Å². The number of hydrogen-bond donors (Lipinski definition) is 4. The molecule has 0 aliphatic carbocycles. The average molecular weight is 333 g/mol. The van der Waals surface area contributed by atoms with Crippen LogP contribution in [0.1, 0.15) is 25.3 Å². The van der Waals surface area contributed by atoms with Gasteiger partial charge in [0.2, 0.25) is 11.8 Å². The van der Waals surface area contributed by atoms with E-state index in [4.69, 9.17) is 10.8 Å². The van der Waals surface area contributed by atoms with Gasteiger partial charge in [-0.15, -0.1) is 0 Å². The summed E-state index contributed by atoms with van der Waals surface area (Å²) in [6.45, 7) is 1.23. The van der Waals surface area contributed by atoms with E-state index in [0.29, 0.717) is 5.56 Å². The van der Waals surface area contributed by atoms with Crippen molar-refractivity contribution < 1.29 is 24.3 Å². The number of nitrogens with one attached hydrogen (secondary N) is 2. The van der Waals surface area contributed by atoms with Gasteiger partial charge in [-0.1, -0.05) is 30.3 Å². The summed E-state index contributed by atoms with van der Waals surface area (Å²) < 4.78 is 0. The van der Waals surface area contributed by atoms with E-state index < -0.39 is 29.7 Å². The van der Waals surface area contributed by atoms with Crippen molar-refractivity contribution in [2.45, 2.75) is 25.8 Å². The quantitative estimate of drug-likeness (QED) is 0.496. The Kier molecular flexibility index (Phi) is 7.15. The van der Waals surface area contributed by atoms with Crippen molar-refractivity contribution in [3.05, 3.63) is 41.6 Å². The summed E-state index contributed by atoms with van der Waals surface area (Å²) in [5.74, 6) is -3.22.